The lowest BCUT2D eigenvalue weighted by Crippen LogP contribution is -2.41. The highest BCUT2D eigenvalue weighted by molar-refractivity contribution is 7.80. The molecular weight excluding hydrogens is 225 g/mol. The van der Waals surface area contributed by atoms with Crippen molar-refractivity contribution in [1.29, 1.82) is 0 Å². The fourth-order valence-electron chi connectivity index (χ4n) is 1.45. The number of thiocarbonyl (C=S) groups is 1. The van der Waals surface area contributed by atoms with Gasteiger partial charge in [-0.2, -0.15) is 13.2 Å². The lowest BCUT2D eigenvalue weighted by Gasteiger charge is -2.26. The van der Waals surface area contributed by atoms with Crippen LogP contribution in [0, 0.1) is 5.92 Å². The molecule has 2 nitrogen and oxygen atoms in total. The van der Waals surface area contributed by atoms with Crippen molar-refractivity contribution < 1.29 is 13.2 Å². The normalized spacial score (nSPS) is 19.3. The molecule has 88 valence electrons. The number of nitrogens with two attached hydrogens (primary N) is 1. The van der Waals surface area contributed by atoms with Gasteiger partial charge in [-0.1, -0.05) is 19.1 Å². The van der Waals surface area contributed by atoms with Gasteiger partial charge in [-0.05, 0) is 12.8 Å². The zero-order valence-electron chi connectivity index (χ0n) is 8.55. The molecule has 0 aliphatic heterocycles. The van der Waals surface area contributed by atoms with Gasteiger partial charge in [0.2, 0.25) is 0 Å². The Morgan fingerprint density at radius 2 is 2.07 bits per heavy atom. The van der Waals surface area contributed by atoms with Crippen LogP contribution < -0.4 is 5.73 Å². The molecule has 0 saturated heterocycles. The average Bonchev–Trinajstić information content (AvgIpc) is 2.81. The second kappa shape index (κ2) is 4.65. The molecule has 1 saturated carbocycles. The van der Waals surface area contributed by atoms with Gasteiger partial charge in [0.15, 0.2) is 0 Å². The van der Waals surface area contributed by atoms with Crippen LogP contribution in [0.25, 0.3) is 0 Å². The van der Waals surface area contributed by atoms with Crippen molar-refractivity contribution >= 4 is 17.2 Å². The third-order valence-electron chi connectivity index (χ3n) is 2.44. The van der Waals surface area contributed by atoms with Crippen LogP contribution in [0.2, 0.25) is 0 Å². The summed E-state index contributed by atoms with van der Waals surface area (Å²) in [4.78, 5) is 1.71. The zero-order chi connectivity index (χ0) is 11.6. The van der Waals surface area contributed by atoms with E-state index in [0.29, 0.717) is 6.54 Å². The molecule has 0 radical (unpaired) electrons. The van der Waals surface area contributed by atoms with Crippen molar-refractivity contribution in [3.8, 4) is 0 Å². The Hall–Kier alpha value is -0.360. The van der Waals surface area contributed by atoms with E-state index in [1.807, 2.05) is 0 Å². The molecule has 0 amide bonds. The van der Waals surface area contributed by atoms with Gasteiger partial charge < -0.3 is 5.73 Å². The van der Waals surface area contributed by atoms with E-state index in [1.165, 1.54) is 4.90 Å². The van der Waals surface area contributed by atoms with Crippen LogP contribution in [0.5, 0.6) is 0 Å². The second-order valence-corrected chi connectivity index (χ2v) is 4.55. The van der Waals surface area contributed by atoms with Crippen molar-refractivity contribution in [2.45, 2.75) is 32.0 Å². The quantitative estimate of drug-likeness (QED) is 0.745. The standard InChI is InChI=1S/C9H15F3N2S/c1-6(8(13)15)4-14(7-2-3-7)5-9(10,11)12/h6-7H,2-5H2,1H3,(H2,13,15). The van der Waals surface area contributed by atoms with Crippen molar-refractivity contribution in [2.24, 2.45) is 11.7 Å². The zero-order valence-corrected chi connectivity index (χ0v) is 9.37. The molecule has 0 aromatic carbocycles. The predicted molar refractivity (Wildman–Crippen MR) is 56.6 cm³/mol. The average molecular weight is 240 g/mol. The van der Waals surface area contributed by atoms with Crippen molar-refractivity contribution in [3.63, 3.8) is 0 Å². The van der Waals surface area contributed by atoms with E-state index in [0.717, 1.165) is 12.8 Å². The van der Waals surface area contributed by atoms with Crippen molar-refractivity contribution in [3.05, 3.63) is 0 Å². The monoisotopic (exact) mass is 240 g/mol. The number of hydrogen-bond donors (Lipinski definition) is 1. The molecular formula is C9H15F3N2S. The summed E-state index contributed by atoms with van der Waals surface area (Å²) in [5.41, 5.74) is 5.39. The van der Waals surface area contributed by atoms with E-state index in [9.17, 15) is 13.2 Å². The first-order valence-corrected chi connectivity index (χ1v) is 5.30. The Balaban J connectivity index is 2.47. The smallest absolute Gasteiger partial charge is 0.393 e. The first kappa shape index (κ1) is 12.7. The number of alkyl halides is 3. The van der Waals surface area contributed by atoms with E-state index >= 15 is 0 Å². The fraction of sp³-hybridized carbons (Fsp3) is 0.889. The minimum Gasteiger partial charge on any atom is -0.393 e. The molecule has 1 unspecified atom stereocenters. The van der Waals surface area contributed by atoms with E-state index in [4.69, 9.17) is 18.0 Å². The van der Waals surface area contributed by atoms with E-state index < -0.39 is 12.7 Å². The van der Waals surface area contributed by atoms with Crippen molar-refractivity contribution in [2.75, 3.05) is 13.1 Å². The van der Waals surface area contributed by atoms with Gasteiger partial charge in [-0.3, -0.25) is 4.90 Å². The molecule has 0 spiro atoms. The maximum atomic E-state index is 12.2. The Morgan fingerprint density at radius 3 is 2.40 bits per heavy atom. The molecule has 0 aromatic heterocycles. The Labute approximate surface area is 92.6 Å². The van der Waals surface area contributed by atoms with Crippen LogP contribution in [0.4, 0.5) is 13.2 Å². The van der Waals surface area contributed by atoms with Crippen LogP contribution >= 0.6 is 12.2 Å². The van der Waals surface area contributed by atoms with E-state index in [1.54, 1.807) is 6.92 Å². The second-order valence-electron chi connectivity index (χ2n) is 4.08. The highest BCUT2D eigenvalue weighted by Crippen LogP contribution is 2.30. The minimum absolute atomic E-state index is 0.0726. The fourth-order valence-corrected chi connectivity index (χ4v) is 1.53. The lowest BCUT2D eigenvalue weighted by atomic mass is 10.1. The highest BCUT2D eigenvalue weighted by atomic mass is 32.1. The molecule has 6 heteroatoms. The summed E-state index contributed by atoms with van der Waals surface area (Å²) in [6.07, 6.45) is -2.45. The molecule has 15 heavy (non-hydrogen) atoms. The van der Waals surface area contributed by atoms with Gasteiger partial charge in [-0.25, -0.2) is 0 Å². The SMILES string of the molecule is CC(CN(CC(F)(F)F)C1CC1)C(N)=S. The van der Waals surface area contributed by atoms with Crippen molar-refractivity contribution in [1.82, 2.24) is 4.90 Å². The third-order valence-corrected chi connectivity index (χ3v) is 2.84. The highest BCUT2D eigenvalue weighted by Gasteiger charge is 2.38. The van der Waals surface area contributed by atoms with Crippen LogP contribution in [-0.4, -0.2) is 35.2 Å². The summed E-state index contributed by atoms with van der Waals surface area (Å²) in [6.45, 7) is 1.21. The first-order valence-electron chi connectivity index (χ1n) is 4.89. The summed E-state index contributed by atoms with van der Waals surface area (Å²) < 4.78 is 36.7. The summed E-state index contributed by atoms with van der Waals surface area (Å²) in [5.74, 6) is -0.164. The number of nitrogens with zero attached hydrogens (tertiary/aromatic N) is 1. The molecule has 0 heterocycles. The predicted octanol–water partition coefficient (Wildman–Crippen LogP) is 1.94. The topological polar surface area (TPSA) is 29.3 Å². The number of hydrogen-bond acceptors (Lipinski definition) is 2. The van der Waals surface area contributed by atoms with E-state index in [-0.39, 0.29) is 16.9 Å². The molecule has 1 aliphatic rings. The largest absolute Gasteiger partial charge is 0.401 e. The summed E-state index contributed by atoms with van der Waals surface area (Å²) >= 11 is 4.75. The lowest BCUT2D eigenvalue weighted by molar-refractivity contribution is -0.147. The molecule has 1 atom stereocenters. The first-order chi connectivity index (χ1) is 6.79. The minimum atomic E-state index is -4.14. The summed E-state index contributed by atoms with van der Waals surface area (Å²) in [6, 6.07) is 0.0726. The van der Waals surface area contributed by atoms with Crippen LogP contribution in [-0.2, 0) is 0 Å². The third kappa shape index (κ3) is 4.79. The van der Waals surface area contributed by atoms with Gasteiger partial charge in [0.25, 0.3) is 0 Å². The van der Waals surface area contributed by atoms with Gasteiger partial charge in [-0.15, -0.1) is 0 Å². The molecule has 1 fully saturated rings. The molecule has 0 aromatic rings. The van der Waals surface area contributed by atoms with Gasteiger partial charge in [0.1, 0.15) is 0 Å². The molecule has 0 bridgehead atoms. The van der Waals surface area contributed by atoms with Gasteiger partial charge >= 0.3 is 6.18 Å². The van der Waals surface area contributed by atoms with Gasteiger partial charge in [0, 0.05) is 18.5 Å². The number of halogens is 3. The molecule has 2 N–H and O–H groups in total. The Morgan fingerprint density at radius 1 is 1.53 bits per heavy atom. The Bertz CT molecular complexity index is 238. The van der Waals surface area contributed by atoms with Crippen LogP contribution in [0.1, 0.15) is 19.8 Å². The summed E-state index contributed by atoms with van der Waals surface area (Å²) in [5, 5.41) is 0. The van der Waals surface area contributed by atoms with E-state index in [2.05, 4.69) is 0 Å². The van der Waals surface area contributed by atoms with Crippen LogP contribution in [0.3, 0.4) is 0 Å². The molecule has 1 aliphatic carbocycles. The maximum absolute atomic E-state index is 12.2. The molecule has 1 rings (SSSR count). The van der Waals surface area contributed by atoms with Crippen LogP contribution in [0.15, 0.2) is 0 Å². The Kier molecular flexibility index (Phi) is 3.94. The number of rotatable bonds is 5. The van der Waals surface area contributed by atoms with Gasteiger partial charge in [0.05, 0.1) is 11.5 Å². The summed E-state index contributed by atoms with van der Waals surface area (Å²) in [7, 11) is 0. The maximum Gasteiger partial charge on any atom is 0.401 e.